The lowest BCUT2D eigenvalue weighted by atomic mass is 10.1. The summed E-state index contributed by atoms with van der Waals surface area (Å²) >= 11 is 1.60. The van der Waals surface area contributed by atoms with E-state index in [4.69, 9.17) is 14.2 Å². The van der Waals surface area contributed by atoms with Crippen molar-refractivity contribution in [3.05, 3.63) is 59.7 Å². The van der Waals surface area contributed by atoms with Gasteiger partial charge in [0.2, 0.25) is 0 Å². The maximum absolute atomic E-state index is 11.7. The van der Waals surface area contributed by atoms with Crippen molar-refractivity contribution in [2.75, 3.05) is 14.2 Å². The van der Waals surface area contributed by atoms with Crippen LogP contribution < -0.4 is 9.47 Å². The van der Waals surface area contributed by atoms with Gasteiger partial charge in [-0.25, -0.2) is 4.79 Å². The van der Waals surface area contributed by atoms with E-state index in [1.807, 2.05) is 36.4 Å². The second-order valence-corrected chi connectivity index (χ2v) is 8.63. The molecule has 0 spiro atoms. The molecule has 6 heteroatoms. The number of esters is 1. The molecule has 0 radical (unpaired) electrons. The number of aliphatic hydroxyl groups is 1. The highest BCUT2D eigenvalue weighted by Crippen LogP contribution is 2.41. The highest BCUT2D eigenvalue weighted by atomic mass is 32.1. The zero-order valence-corrected chi connectivity index (χ0v) is 18.5. The van der Waals surface area contributed by atoms with Gasteiger partial charge in [-0.3, -0.25) is 0 Å². The summed E-state index contributed by atoms with van der Waals surface area (Å²) in [4.78, 5) is 13.7. The van der Waals surface area contributed by atoms with Crippen molar-refractivity contribution in [1.82, 2.24) is 0 Å². The average molecular weight is 439 g/mol. The summed E-state index contributed by atoms with van der Waals surface area (Å²) in [6.07, 6.45) is 4.80. The van der Waals surface area contributed by atoms with Crippen LogP contribution in [0.1, 0.15) is 41.6 Å². The Morgan fingerprint density at radius 3 is 2.35 bits per heavy atom. The van der Waals surface area contributed by atoms with Crippen LogP contribution in [-0.4, -0.2) is 31.4 Å². The van der Waals surface area contributed by atoms with Crippen molar-refractivity contribution in [3.63, 3.8) is 0 Å². The largest absolute Gasteiger partial charge is 0.493 e. The molecule has 0 saturated heterocycles. The SMILES string of the molecule is COC(=O)c1ccc(-c2sc(-c3ccc(OC)c(OC4CCCC4)c3)cc2CO)cc1. The Bertz CT molecular complexity index is 1050. The first kappa shape index (κ1) is 21.4. The standard InChI is InChI=1S/C25H26O5S/c1-28-21-12-11-18(13-22(21)30-20-5-3-4-6-20)23-14-19(15-26)24(31-23)16-7-9-17(10-8-16)25(27)29-2/h7-14,20,26H,3-6,15H2,1-2H3. The van der Waals surface area contributed by atoms with Crippen molar-refractivity contribution in [2.45, 2.75) is 38.4 Å². The number of hydrogen-bond donors (Lipinski definition) is 1. The van der Waals surface area contributed by atoms with Crippen LogP contribution in [0.2, 0.25) is 0 Å². The summed E-state index contributed by atoms with van der Waals surface area (Å²) in [5, 5.41) is 9.94. The van der Waals surface area contributed by atoms with Crippen LogP contribution in [0.4, 0.5) is 0 Å². The zero-order valence-electron chi connectivity index (χ0n) is 17.7. The van der Waals surface area contributed by atoms with Crippen LogP contribution in [-0.2, 0) is 11.3 Å². The highest BCUT2D eigenvalue weighted by molar-refractivity contribution is 7.19. The number of benzene rings is 2. The third-order valence-corrected chi connectivity index (χ3v) is 6.87. The number of ether oxygens (including phenoxy) is 3. The maximum atomic E-state index is 11.7. The van der Waals surface area contributed by atoms with Gasteiger partial charge in [-0.1, -0.05) is 12.1 Å². The molecular weight excluding hydrogens is 412 g/mol. The average Bonchev–Trinajstić information content (AvgIpc) is 3.48. The third-order valence-electron chi connectivity index (χ3n) is 5.59. The van der Waals surface area contributed by atoms with Gasteiger partial charge in [0.25, 0.3) is 0 Å². The van der Waals surface area contributed by atoms with Gasteiger partial charge in [-0.05, 0) is 78.8 Å². The molecule has 4 rings (SSSR count). The number of methoxy groups -OCH3 is 2. The number of hydrogen-bond acceptors (Lipinski definition) is 6. The van der Waals surface area contributed by atoms with E-state index in [0.29, 0.717) is 5.56 Å². The third kappa shape index (κ3) is 4.60. The van der Waals surface area contributed by atoms with E-state index in [1.54, 1.807) is 30.6 Å². The Morgan fingerprint density at radius 1 is 1.00 bits per heavy atom. The molecule has 0 atom stereocenters. The van der Waals surface area contributed by atoms with Crippen LogP contribution in [0.15, 0.2) is 48.5 Å². The first-order valence-electron chi connectivity index (χ1n) is 10.4. The van der Waals surface area contributed by atoms with E-state index < -0.39 is 0 Å². The Morgan fingerprint density at radius 2 is 1.71 bits per heavy atom. The zero-order chi connectivity index (χ0) is 21.8. The molecule has 0 unspecified atom stereocenters. The number of carbonyl (C=O) groups is 1. The minimum Gasteiger partial charge on any atom is -0.493 e. The molecule has 2 aromatic carbocycles. The Labute approximate surface area is 186 Å². The molecule has 1 aliphatic rings. The van der Waals surface area contributed by atoms with Crippen molar-refractivity contribution >= 4 is 17.3 Å². The van der Waals surface area contributed by atoms with E-state index >= 15 is 0 Å². The summed E-state index contributed by atoms with van der Waals surface area (Å²) in [5.41, 5.74) is 3.31. The normalized spacial score (nSPS) is 13.9. The molecule has 162 valence electrons. The topological polar surface area (TPSA) is 65.0 Å². The lowest BCUT2D eigenvalue weighted by Gasteiger charge is -2.16. The Hall–Kier alpha value is -2.83. The molecule has 3 aromatic rings. The van der Waals surface area contributed by atoms with E-state index in [-0.39, 0.29) is 18.7 Å². The Kier molecular flexibility index (Phi) is 6.59. The molecule has 1 aromatic heterocycles. The fourth-order valence-electron chi connectivity index (χ4n) is 3.92. The first-order valence-corrected chi connectivity index (χ1v) is 11.2. The van der Waals surface area contributed by atoms with Crippen molar-refractivity contribution < 1.29 is 24.1 Å². The van der Waals surface area contributed by atoms with Gasteiger partial charge in [0.05, 0.1) is 32.5 Å². The summed E-state index contributed by atoms with van der Waals surface area (Å²) in [7, 11) is 3.02. The van der Waals surface area contributed by atoms with E-state index in [2.05, 4.69) is 0 Å². The van der Waals surface area contributed by atoms with E-state index in [9.17, 15) is 9.90 Å². The molecule has 1 fully saturated rings. The Balaban J connectivity index is 1.66. The van der Waals surface area contributed by atoms with Crippen LogP contribution in [0, 0.1) is 0 Å². The number of rotatable bonds is 7. The molecule has 1 aliphatic carbocycles. The molecule has 0 amide bonds. The van der Waals surface area contributed by atoms with E-state index in [0.717, 1.165) is 50.8 Å². The summed E-state index contributed by atoms with van der Waals surface area (Å²) in [5.74, 6) is 1.12. The van der Waals surface area contributed by atoms with Gasteiger partial charge < -0.3 is 19.3 Å². The van der Waals surface area contributed by atoms with Crippen LogP contribution in [0.5, 0.6) is 11.5 Å². The van der Waals surface area contributed by atoms with Crippen molar-refractivity contribution in [3.8, 4) is 32.4 Å². The molecule has 5 nitrogen and oxygen atoms in total. The maximum Gasteiger partial charge on any atom is 0.337 e. The van der Waals surface area contributed by atoms with Crippen LogP contribution in [0.3, 0.4) is 0 Å². The smallest absolute Gasteiger partial charge is 0.337 e. The summed E-state index contributed by atoms with van der Waals surface area (Å²) < 4.78 is 16.5. The van der Waals surface area contributed by atoms with Gasteiger partial charge in [-0.2, -0.15) is 0 Å². The van der Waals surface area contributed by atoms with Gasteiger partial charge in [0, 0.05) is 9.75 Å². The van der Waals surface area contributed by atoms with Gasteiger partial charge in [0.15, 0.2) is 11.5 Å². The molecular formula is C25H26O5S. The molecule has 31 heavy (non-hydrogen) atoms. The molecule has 0 aliphatic heterocycles. The monoisotopic (exact) mass is 438 g/mol. The number of carbonyl (C=O) groups excluding carboxylic acids is 1. The predicted molar refractivity (Wildman–Crippen MR) is 122 cm³/mol. The van der Waals surface area contributed by atoms with Gasteiger partial charge in [-0.15, -0.1) is 11.3 Å². The quantitative estimate of drug-likeness (QED) is 0.480. The fraction of sp³-hybridized carbons (Fsp3) is 0.320. The summed E-state index contributed by atoms with van der Waals surface area (Å²) in [6.45, 7) is -0.0633. The number of aliphatic hydroxyl groups excluding tert-OH is 1. The molecule has 1 heterocycles. The van der Waals surface area contributed by atoms with E-state index in [1.165, 1.54) is 20.0 Å². The second-order valence-electron chi connectivity index (χ2n) is 7.58. The highest BCUT2D eigenvalue weighted by Gasteiger charge is 2.20. The van der Waals surface area contributed by atoms with Crippen molar-refractivity contribution in [2.24, 2.45) is 0 Å². The lowest BCUT2D eigenvalue weighted by Crippen LogP contribution is -2.11. The number of thiophene rings is 1. The molecule has 0 bridgehead atoms. The molecule has 1 saturated carbocycles. The van der Waals surface area contributed by atoms with Gasteiger partial charge >= 0.3 is 5.97 Å². The van der Waals surface area contributed by atoms with Crippen LogP contribution in [0.25, 0.3) is 20.9 Å². The second kappa shape index (κ2) is 9.54. The van der Waals surface area contributed by atoms with Gasteiger partial charge in [0.1, 0.15) is 0 Å². The lowest BCUT2D eigenvalue weighted by molar-refractivity contribution is 0.0600. The fourth-order valence-corrected chi connectivity index (χ4v) is 5.09. The molecule has 1 N–H and O–H groups in total. The minimum atomic E-state index is -0.367. The summed E-state index contributed by atoms with van der Waals surface area (Å²) in [6, 6.07) is 15.2. The van der Waals surface area contributed by atoms with Crippen LogP contribution >= 0.6 is 11.3 Å². The predicted octanol–water partition coefficient (Wildman–Crippen LogP) is 5.69. The first-order chi connectivity index (χ1) is 15.1. The van der Waals surface area contributed by atoms with Crippen molar-refractivity contribution in [1.29, 1.82) is 0 Å². The minimum absolute atomic E-state index is 0.0633.